The lowest BCUT2D eigenvalue weighted by atomic mass is 9.91. The second-order valence-corrected chi connectivity index (χ2v) is 19.2. The highest BCUT2D eigenvalue weighted by molar-refractivity contribution is 6.12. The van der Waals surface area contributed by atoms with Crippen LogP contribution in [0.5, 0.6) is 0 Å². The quantitative estimate of drug-likeness (QED) is 0.143. The summed E-state index contributed by atoms with van der Waals surface area (Å²) in [6, 6.07) is 69.9. The highest BCUT2D eigenvalue weighted by Crippen LogP contribution is 2.42. The van der Waals surface area contributed by atoms with Crippen LogP contribution in [0.2, 0.25) is 0 Å². The van der Waals surface area contributed by atoms with Crippen LogP contribution in [0, 0.1) is 41.5 Å². The van der Waals surface area contributed by atoms with Crippen molar-refractivity contribution in [3.63, 3.8) is 0 Å². The second-order valence-electron chi connectivity index (χ2n) is 19.2. The number of hydrogen-bond donors (Lipinski definition) is 0. The minimum absolute atomic E-state index is 0.519. The first-order valence-electron chi connectivity index (χ1n) is 24.8. The molecule has 7 heteroatoms. The largest absolute Gasteiger partial charge is 0.308 e. The van der Waals surface area contributed by atoms with Crippen molar-refractivity contribution in [3.05, 3.63) is 234 Å². The lowest BCUT2D eigenvalue weighted by molar-refractivity contribution is 1.06. The molecular formula is C66H51N7. The van der Waals surface area contributed by atoms with Gasteiger partial charge in [-0.25, -0.2) is 29.9 Å². The van der Waals surface area contributed by atoms with Gasteiger partial charge in [-0.05, 0) is 129 Å². The highest BCUT2D eigenvalue weighted by Gasteiger charge is 2.23. The zero-order chi connectivity index (χ0) is 49.7. The van der Waals surface area contributed by atoms with E-state index in [-0.39, 0.29) is 0 Å². The Bertz CT molecular complexity index is 3790. The summed E-state index contributed by atoms with van der Waals surface area (Å²) in [6.45, 7) is 13.2. The third-order valence-corrected chi connectivity index (χ3v) is 13.8. The Balaban J connectivity index is 1.16. The molecule has 9 aromatic carbocycles. The monoisotopic (exact) mass is 941 g/mol. The van der Waals surface area contributed by atoms with Gasteiger partial charge >= 0.3 is 0 Å². The molecule has 12 rings (SSSR count). The average Bonchev–Trinajstić information content (AvgIpc) is 3.73. The van der Waals surface area contributed by atoms with E-state index in [1.54, 1.807) is 0 Å². The van der Waals surface area contributed by atoms with Gasteiger partial charge in [0.05, 0.1) is 16.7 Å². The van der Waals surface area contributed by atoms with Gasteiger partial charge in [0, 0.05) is 44.2 Å². The molecule has 0 bridgehead atoms. The van der Waals surface area contributed by atoms with Crippen molar-refractivity contribution in [2.24, 2.45) is 0 Å². The summed E-state index contributed by atoms with van der Waals surface area (Å²) < 4.78 is 2.38. The van der Waals surface area contributed by atoms with Crippen LogP contribution in [0.1, 0.15) is 33.4 Å². The molecule has 73 heavy (non-hydrogen) atoms. The number of aryl methyl sites for hydroxylation is 6. The molecule has 0 aliphatic carbocycles. The number of fused-ring (bicyclic) bond motifs is 3. The second kappa shape index (κ2) is 18.5. The van der Waals surface area contributed by atoms with Crippen molar-refractivity contribution in [2.75, 3.05) is 0 Å². The van der Waals surface area contributed by atoms with Gasteiger partial charge in [0.15, 0.2) is 34.9 Å². The number of hydrogen-bond acceptors (Lipinski definition) is 6. The van der Waals surface area contributed by atoms with Gasteiger partial charge in [0.1, 0.15) is 0 Å². The highest BCUT2D eigenvalue weighted by atomic mass is 15.1. The lowest BCUT2D eigenvalue weighted by Gasteiger charge is -2.17. The standard InChI is InChI=1S/C66H51N7/c1-40-33-42(3)59(43(4)34-40)50-27-30-56-53(37-50)54-38-51(60-44(5)35-41(2)36-45(60)6)28-31-57(54)73(56)58-32-29-52(65-69-61(46-19-11-7-12-20-46)67-62(70-65)47-21-13-8-14-22-47)39-55(58)66-71-63(48-23-15-9-16-24-48)68-64(72-66)49-25-17-10-18-26-49/h7-39H,1-6H3. The summed E-state index contributed by atoms with van der Waals surface area (Å²) in [4.78, 5) is 31.3. The fraction of sp³-hybridized carbons (Fsp3) is 0.0909. The maximum Gasteiger partial charge on any atom is 0.166 e. The van der Waals surface area contributed by atoms with Gasteiger partial charge in [-0.2, -0.15) is 0 Å². The van der Waals surface area contributed by atoms with E-state index < -0.39 is 0 Å². The molecule has 0 atom stereocenters. The summed E-state index contributed by atoms with van der Waals surface area (Å²) in [5.74, 6) is 3.36. The van der Waals surface area contributed by atoms with Crippen molar-refractivity contribution in [1.29, 1.82) is 0 Å². The van der Waals surface area contributed by atoms with Crippen LogP contribution in [-0.4, -0.2) is 34.5 Å². The maximum absolute atomic E-state index is 5.37. The van der Waals surface area contributed by atoms with Crippen LogP contribution in [-0.2, 0) is 0 Å². The number of benzene rings is 9. The minimum Gasteiger partial charge on any atom is -0.308 e. The molecule has 0 spiro atoms. The molecule has 350 valence electrons. The van der Waals surface area contributed by atoms with E-state index in [4.69, 9.17) is 29.9 Å². The first kappa shape index (κ1) is 45.0. The normalized spacial score (nSPS) is 11.4. The lowest BCUT2D eigenvalue weighted by Crippen LogP contribution is -2.05. The van der Waals surface area contributed by atoms with Crippen LogP contribution in [0.3, 0.4) is 0 Å². The van der Waals surface area contributed by atoms with Crippen LogP contribution in [0.4, 0.5) is 0 Å². The van der Waals surface area contributed by atoms with Crippen molar-refractivity contribution in [2.45, 2.75) is 41.5 Å². The van der Waals surface area contributed by atoms with Crippen molar-refractivity contribution in [1.82, 2.24) is 34.5 Å². The Morgan fingerprint density at radius 2 is 0.589 bits per heavy atom. The summed E-state index contributed by atoms with van der Waals surface area (Å²) >= 11 is 0. The predicted octanol–water partition coefficient (Wildman–Crippen LogP) is 16.3. The molecule has 0 unspecified atom stereocenters. The van der Waals surface area contributed by atoms with Crippen LogP contribution < -0.4 is 0 Å². The molecule has 7 nitrogen and oxygen atoms in total. The number of rotatable bonds is 9. The molecule has 0 N–H and O–H groups in total. The Morgan fingerprint density at radius 3 is 0.945 bits per heavy atom. The summed E-state index contributed by atoms with van der Waals surface area (Å²) in [5.41, 5.74) is 20.6. The fourth-order valence-corrected chi connectivity index (χ4v) is 10.8. The smallest absolute Gasteiger partial charge is 0.166 e. The van der Waals surface area contributed by atoms with E-state index in [1.807, 2.05) is 121 Å². The molecule has 0 fully saturated rings. The number of aromatic nitrogens is 7. The zero-order valence-corrected chi connectivity index (χ0v) is 41.7. The molecule has 0 saturated heterocycles. The number of nitrogens with zero attached hydrogens (tertiary/aromatic N) is 7. The summed E-state index contributed by atoms with van der Waals surface area (Å²) in [7, 11) is 0. The Kier molecular flexibility index (Phi) is 11.4. The predicted molar refractivity (Wildman–Crippen MR) is 299 cm³/mol. The molecule has 0 aliphatic rings. The Morgan fingerprint density at radius 1 is 0.274 bits per heavy atom. The molecule has 0 saturated carbocycles. The van der Waals surface area contributed by atoms with Gasteiger partial charge in [-0.3, -0.25) is 0 Å². The third-order valence-electron chi connectivity index (χ3n) is 13.8. The van der Waals surface area contributed by atoms with Gasteiger partial charge in [0.25, 0.3) is 0 Å². The van der Waals surface area contributed by atoms with E-state index in [2.05, 4.69) is 125 Å². The Labute approximate surface area is 425 Å². The van der Waals surface area contributed by atoms with Gasteiger partial charge in [-0.1, -0.05) is 169 Å². The first-order valence-corrected chi connectivity index (χ1v) is 24.8. The van der Waals surface area contributed by atoms with E-state index in [0.717, 1.165) is 60.9 Å². The molecule has 3 heterocycles. The van der Waals surface area contributed by atoms with Crippen LogP contribution >= 0.6 is 0 Å². The fourth-order valence-electron chi connectivity index (χ4n) is 10.8. The van der Waals surface area contributed by atoms with Gasteiger partial charge in [-0.15, -0.1) is 0 Å². The van der Waals surface area contributed by atoms with Crippen molar-refractivity contribution >= 4 is 21.8 Å². The Hall–Kier alpha value is -9.20. The van der Waals surface area contributed by atoms with Crippen molar-refractivity contribution in [3.8, 4) is 96.3 Å². The van der Waals surface area contributed by atoms with E-state index >= 15 is 0 Å². The van der Waals surface area contributed by atoms with Crippen LogP contribution in [0.25, 0.3) is 118 Å². The summed E-state index contributed by atoms with van der Waals surface area (Å²) in [5, 5.41) is 2.29. The van der Waals surface area contributed by atoms with E-state index in [1.165, 1.54) is 55.6 Å². The molecule has 12 aromatic rings. The topological polar surface area (TPSA) is 82.3 Å². The van der Waals surface area contributed by atoms with Crippen molar-refractivity contribution < 1.29 is 0 Å². The molecule has 0 amide bonds. The average molecular weight is 942 g/mol. The molecule has 0 radical (unpaired) electrons. The van der Waals surface area contributed by atoms with E-state index in [0.29, 0.717) is 34.9 Å². The van der Waals surface area contributed by atoms with E-state index in [9.17, 15) is 0 Å². The SMILES string of the molecule is Cc1cc(C)c(-c2ccc3c(c2)c2cc(-c4c(C)cc(C)cc4C)ccc2n3-c2ccc(-c3nc(-c4ccccc4)nc(-c4ccccc4)n3)cc2-c2nc(-c3ccccc3)nc(-c3ccccc3)n2)c(C)c1. The summed E-state index contributed by atoms with van der Waals surface area (Å²) in [6.07, 6.45) is 0. The van der Waals surface area contributed by atoms with Gasteiger partial charge in [0.2, 0.25) is 0 Å². The molecule has 3 aromatic heterocycles. The zero-order valence-electron chi connectivity index (χ0n) is 41.7. The molecular weight excluding hydrogens is 891 g/mol. The first-order chi connectivity index (χ1) is 35.6. The maximum atomic E-state index is 5.37. The minimum atomic E-state index is 0.519. The third kappa shape index (κ3) is 8.44. The van der Waals surface area contributed by atoms with Gasteiger partial charge < -0.3 is 4.57 Å². The van der Waals surface area contributed by atoms with Crippen LogP contribution in [0.15, 0.2) is 200 Å². The molecule has 0 aliphatic heterocycles.